The van der Waals surface area contributed by atoms with Crippen molar-refractivity contribution < 1.29 is 89.1 Å². The van der Waals surface area contributed by atoms with E-state index in [4.69, 9.17) is 74.6 Å². The SMILES string of the molecule is CSCC[C@H](N)C(N)=O.NCC(=O)O.NCC(=O)O.N[C@@H](CC(=O)O)C(=O)O.N[C@@H](Cc1ccc(O)cc1)C(=O)O.N[C@@H](Cc1ccccc1)C(=O)O.O=C(O)[C@@H]1CCCN1.O=C(O)[C@@H]1CCCN1. The van der Waals surface area contributed by atoms with E-state index in [9.17, 15) is 43.2 Å². The molecule has 25 N–H and O–H groups in total. The highest BCUT2D eigenvalue weighted by atomic mass is 32.2. The minimum absolute atomic E-state index is 0.160. The lowest BCUT2D eigenvalue weighted by atomic mass is 10.1. The summed E-state index contributed by atoms with van der Waals surface area (Å²) < 4.78 is 0. The number of nitrogens with two attached hydrogens (primary N) is 7. The predicted octanol–water partition coefficient (Wildman–Crippen LogP) is -2.88. The number of aromatic hydroxyl groups is 1. The van der Waals surface area contributed by atoms with Crippen LogP contribution < -0.4 is 50.8 Å². The normalized spacial score (nSPS) is 15.5. The first-order valence-electron chi connectivity index (χ1n) is 20.5. The molecule has 6 atom stereocenters. The van der Waals surface area contributed by atoms with Crippen LogP contribution in [0.1, 0.15) is 49.7 Å². The van der Waals surface area contributed by atoms with Crippen LogP contribution in [0.25, 0.3) is 0 Å². The van der Waals surface area contributed by atoms with Gasteiger partial charge in [-0.15, -0.1) is 0 Å². The quantitative estimate of drug-likeness (QED) is 0.0757. The Hall–Kier alpha value is -6.50. The summed E-state index contributed by atoms with van der Waals surface area (Å²) in [6.45, 7) is 1.16. The minimum atomic E-state index is -1.29. The number of carbonyl (C=O) groups excluding carboxylic acids is 1. The summed E-state index contributed by atoms with van der Waals surface area (Å²) in [5.74, 6) is -7.21. The van der Waals surface area contributed by atoms with Crippen LogP contribution >= 0.6 is 11.8 Å². The van der Waals surface area contributed by atoms with Crippen LogP contribution in [-0.2, 0) is 56.0 Å². The molecule has 0 aliphatic carbocycles. The van der Waals surface area contributed by atoms with Gasteiger partial charge >= 0.3 is 47.8 Å². The molecule has 0 radical (unpaired) electrons. The number of carboxylic acids is 8. The Labute approximate surface area is 401 Å². The molecule has 2 aromatic carbocycles. The molecule has 2 heterocycles. The van der Waals surface area contributed by atoms with Crippen molar-refractivity contribution >= 4 is 65.4 Å². The number of thioether (sulfide) groups is 1. The summed E-state index contributed by atoms with van der Waals surface area (Å²) in [5.41, 5.74) is 36.6. The first kappa shape index (κ1) is 69.1. The Morgan fingerprint density at radius 3 is 1.17 bits per heavy atom. The fraction of sp³-hybridized carbons (Fsp3) is 0.488. The van der Waals surface area contributed by atoms with E-state index >= 15 is 0 Å². The van der Waals surface area contributed by atoms with E-state index in [-0.39, 0.29) is 37.3 Å². The molecule has 1 amide bonds. The second-order valence-electron chi connectivity index (χ2n) is 14.0. The van der Waals surface area contributed by atoms with Gasteiger partial charge in [-0.2, -0.15) is 11.8 Å². The molecule has 0 saturated carbocycles. The number of hydrogen-bond donors (Lipinski definition) is 18. The van der Waals surface area contributed by atoms with Crippen molar-refractivity contribution in [2.75, 3.05) is 38.2 Å². The molecule has 69 heavy (non-hydrogen) atoms. The summed E-state index contributed by atoms with van der Waals surface area (Å²) in [6, 6.07) is 11.7. The zero-order valence-electron chi connectivity index (χ0n) is 38.0. The van der Waals surface area contributed by atoms with Gasteiger partial charge in [0, 0.05) is 0 Å². The van der Waals surface area contributed by atoms with Crippen LogP contribution in [0, 0.1) is 0 Å². The number of nitrogens with one attached hydrogen (secondary N) is 2. The molecule has 2 fully saturated rings. The van der Waals surface area contributed by atoms with E-state index in [0.717, 1.165) is 55.7 Å². The molecule has 27 nitrogen and oxygen atoms in total. The number of amides is 1. The van der Waals surface area contributed by atoms with Crippen molar-refractivity contribution in [2.24, 2.45) is 40.1 Å². The van der Waals surface area contributed by atoms with Gasteiger partial charge in [0.2, 0.25) is 5.91 Å². The van der Waals surface area contributed by atoms with Crippen molar-refractivity contribution in [3.05, 3.63) is 65.7 Å². The summed E-state index contributed by atoms with van der Waals surface area (Å²) >= 11 is 1.66. The van der Waals surface area contributed by atoms with Crippen molar-refractivity contribution in [1.29, 1.82) is 0 Å². The molecular formula is C41H69N9O18S. The lowest BCUT2D eigenvalue weighted by Gasteiger charge is -2.05. The highest BCUT2D eigenvalue weighted by Gasteiger charge is 2.21. The number of primary amides is 1. The summed E-state index contributed by atoms with van der Waals surface area (Å²) in [6.07, 6.45) is 6.34. The van der Waals surface area contributed by atoms with Gasteiger partial charge in [0.1, 0.15) is 36.0 Å². The van der Waals surface area contributed by atoms with Crippen LogP contribution in [0.3, 0.4) is 0 Å². The molecule has 2 aliphatic rings. The third-order valence-corrected chi connectivity index (χ3v) is 8.74. The van der Waals surface area contributed by atoms with Gasteiger partial charge in [-0.05, 0) is 93.3 Å². The van der Waals surface area contributed by atoms with Crippen molar-refractivity contribution in [1.82, 2.24) is 10.6 Å². The highest BCUT2D eigenvalue weighted by molar-refractivity contribution is 7.98. The number of carbonyl (C=O) groups is 9. The van der Waals surface area contributed by atoms with Gasteiger partial charge in [-0.1, -0.05) is 42.5 Å². The lowest BCUT2D eigenvalue weighted by Crippen LogP contribution is -2.36. The van der Waals surface area contributed by atoms with E-state index in [1.165, 1.54) is 12.1 Å². The first-order valence-corrected chi connectivity index (χ1v) is 21.8. The molecule has 0 unspecified atom stereocenters. The van der Waals surface area contributed by atoms with Gasteiger partial charge in [0.25, 0.3) is 0 Å². The third-order valence-electron chi connectivity index (χ3n) is 8.10. The lowest BCUT2D eigenvalue weighted by molar-refractivity contribution is -0.144. The molecule has 2 saturated heterocycles. The van der Waals surface area contributed by atoms with Crippen LogP contribution in [0.15, 0.2) is 54.6 Å². The van der Waals surface area contributed by atoms with Crippen molar-refractivity contribution in [3.8, 4) is 5.75 Å². The average Bonchev–Trinajstić information content (AvgIpc) is 4.05. The van der Waals surface area contributed by atoms with Crippen molar-refractivity contribution in [2.45, 2.75) is 87.6 Å². The van der Waals surface area contributed by atoms with Crippen LogP contribution in [0.5, 0.6) is 5.75 Å². The highest BCUT2D eigenvalue weighted by Crippen LogP contribution is 2.11. The predicted molar refractivity (Wildman–Crippen MR) is 252 cm³/mol. The van der Waals surface area contributed by atoms with Crippen LogP contribution in [-0.4, -0.2) is 174 Å². The molecule has 0 aromatic heterocycles. The molecule has 2 aliphatic heterocycles. The minimum Gasteiger partial charge on any atom is -0.508 e. The number of phenolic OH excluding ortho intramolecular Hbond substituents is 1. The maximum atomic E-state index is 10.4. The maximum absolute atomic E-state index is 10.4. The number of phenols is 1. The topological polar surface area (TPSA) is 542 Å². The average molecular weight is 1010 g/mol. The summed E-state index contributed by atoms with van der Waals surface area (Å²) in [7, 11) is 0. The largest absolute Gasteiger partial charge is 0.508 e. The number of hydrogen-bond acceptors (Lipinski definition) is 19. The Morgan fingerprint density at radius 1 is 0.580 bits per heavy atom. The van der Waals surface area contributed by atoms with E-state index in [0.29, 0.717) is 12.8 Å². The zero-order valence-corrected chi connectivity index (χ0v) is 38.8. The van der Waals surface area contributed by atoms with Gasteiger partial charge in [-0.3, -0.25) is 43.2 Å². The second kappa shape index (κ2) is 42.8. The Balaban J connectivity index is -0.000000356. The molecule has 0 spiro atoms. The monoisotopic (exact) mass is 1010 g/mol. The smallest absolute Gasteiger partial charge is 0.321 e. The number of rotatable bonds is 17. The number of carboxylic acid groups (broad SMARTS) is 8. The fourth-order valence-corrected chi connectivity index (χ4v) is 4.87. The van der Waals surface area contributed by atoms with E-state index in [1.807, 2.05) is 36.6 Å². The number of benzene rings is 2. The fourth-order valence-electron chi connectivity index (χ4n) is 4.38. The zero-order chi connectivity index (χ0) is 54.1. The van der Waals surface area contributed by atoms with Crippen molar-refractivity contribution in [3.63, 3.8) is 0 Å². The molecule has 4 rings (SSSR count). The van der Waals surface area contributed by atoms with Crippen LogP contribution in [0.2, 0.25) is 0 Å². The number of aliphatic carboxylic acids is 8. The van der Waals surface area contributed by atoms with E-state index in [2.05, 4.69) is 22.1 Å². The van der Waals surface area contributed by atoms with Crippen LogP contribution in [0.4, 0.5) is 0 Å². The Kier molecular flexibility index (Phi) is 42.9. The van der Waals surface area contributed by atoms with Gasteiger partial charge < -0.3 is 96.7 Å². The first-order chi connectivity index (χ1) is 32.2. The van der Waals surface area contributed by atoms with E-state index in [1.54, 1.807) is 23.9 Å². The van der Waals surface area contributed by atoms with Gasteiger partial charge in [0.05, 0.1) is 25.6 Å². The Bertz CT molecular complexity index is 1750. The maximum Gasteiger partial charge on any atom is 0.321 e. The summed E-state index contributed by atoms with van der Waals surface area (Å²) in [5, 5.41) is 79.6. The molecule has 2 aromatic rings. The third kappa shape index (κ3) is 45.1. The van der Waals surface area contributed by atoms with Gasteiger partial charge in [-0.25, -0.2) is 0 Å². The molecular weight excluding hydrogens is 939 g/mol. The molecule has 28 heteroatoms. The van der Waals surface area contributed by atoms with E-state index < -0.39 is 84.2 Å². The Morgan fingerprint density at radius 2 is 0.942 bits per heavy atom. The van der Waals surface area contributed by atoms with Gasteiger partial charge in [0.15, 0.2) is 0 Å². The molecule has 0 bridgehead atoms. The molecule has 392 valence electrons. The second-order valence-corrected chi connectivity index (χ2v) is 14.9. The standard InChI is InChI=1S/C9H11NO3.C9H11NO2.C5H12N2OS.2C5H9NO2.C4H7NO4.2C2H5NO2/c10-8(9(12)13)5-6-1-3-7(11)4-2-6;10-8(9(11)12)6-7-4-2-1-3-5-7;1-9-3-2-4(6)5(7)8;2*7-5(8)4-2-1-3-6-4;5-2(4(8)9)1-3(6)7;2*3-1-2(4)5/h1-4,8,11H,5,10H2,(H,12,13);1-5,8H,6,10H2,(H,11,12);4H,2-3,6H2,1H3,(H2,7,8);2*4,6H,1-3H2,(H,7,8);2H,1,5H2,(H,6,7)(H,8,9);2*1,3H2,(H,4,5)/t2*8-;3*4-;2-;;/m000000../s1. The summed E-state index contributed by atoms with van der Waals surface area (Å²) in [4.78, 5) is 89.4.